The van der Waals surface area contributed by atoms with Crippen molar-refractivity contribution in [3.63, 3.8) is 0 Å². The van der Waals surface area contributed by atoms with Gasteiger partial charge in [-0.05, 0) is 18.2 Å². The second-order valence-electron chi connectivity index (χ2n) is 2.96. The first kappa shape index (κ1) is 12.2. The number of anilines is 1. The molecule has 0 bridgehead atoms. The fourth-order valence-corrected chi connectivity index (χ4v) is 1.59. The lowest BCUT2D eigenvalue weighted by Gasteiger charge is -2.04. The number of nitriles is 1. The first-order chi connectivity index (χ1) is 7.43. The highest BCUT2D eigenvalue weighted by molar-refractivity contribution is 7.89. The van der Waals surface area contributed by atoms with Gasteiger partial charge in [-0.3, -0.25) is 4.79 Å². The highest BCUT2D eigenvalue weighted by Crippen LogP contribution is 2.14. The number of sulfonamides is 1. The molecule has 1 aromatic carbocycles. The molecule has 1 amide bonds. The van der Waals surface area contributed by atoms with Gasteiger partial charge in [-0.25, -0.2) is 13.6 Å². The van der Waals surface area contributed by atoms with E-state index >= 15 is 0 Å². The molecular weight excluding hydrogens is 230 g/mol. The molecule has 0 aliphatic heterocycles. The predicted octanol–water partition coefficient (Wildman–Crippen LogP) is 0.186. The van der Waals surface area contributed by atoms with E-state index in [0.717, 1.165) is 0 Å². The van der Waals surface area contributed by atoms with Gasteiger partial charge in [-0.1, -0.05) is 6.07 Å². The maximum absolute atomic E-state index is 11.1. The summed E-state index contributed by atoms with van der Waals surface area (Å²) in [6.07, 6.45) is -0.292. The fourth-order valence-electron chi connectivity index (χ4n) is 1.03. The van der Waals surface area contributed by atoms with E-state index in [9.17, 15) is 13.2 Å². The summed E-state index contributed by atoms with van der Waals surface area (Å²) >= 11 is 0. The number of benzene rings is 1. The molecule has 0 atom stereocenters. The first-order valence-corrected chi connectivity index (χ1v) is 5.78. The van der Waals surface area contributed by atoms with Crippen LogP contribution in [0.25, 0.3) is 0 Å². The summed E-state index contributed by atoms with van der Waals surface area (Å²) in [6.45, 7) is 0. The summed E-state index contributed by atoms with van der Waals surface area (Å²) in [5, 5.41) is 15.6. The monoisotopic (exact) mass is 239 g/mol. The maximum atomic E-state index is 11.1. The Balaban J connectivity index is 2.93. The summed E-state index contributed by atoms with van der Waals surface area (Å²) in [4.78, 5) is 11.0. The van der Waals surface area contributed by atoms with Gasteiger partial charge in [0.05, 0.1) is 11.0 Å². The number of hydrogen-bond acceptors (Lipinski definition) is 4. The SMILES string of the molecule is N#CCC(=O)Nc1cccc(S(N)(=O)=O)c1. The number of nitrogens with one attached hydrogen (secondary N) is 1. The van der Waals surface area contributed by atoms with Crippen molar-refractivity contribution in [2.24, 2.45) is 5.14 Å². The van der Waals surface area contributed by atoms with E-state index in [4.69, 9.17) is 10.4 Å². The third-order valence-corrected chi connectivity index (χ3v) is 2.60. The van der Waals surface area contributed by atoms with Crippen LogP contribution in [0.3, 0.4) is 0 Å². The average Bonchev–Trinajstić information content (AvgIpc) is 2.17. The average molecular weight is 239 g/mol. The molecule has 0 aromatic heterocycles. The first-order valence-electron chi connectivity index (χ1n) is 4.23. The van der Waals surface area contributed by atoms with Crippen LogP contribution < -0.4 is 10.5 Å². The Bertz CT molecular complexity index is 545. The molecule has 0 saturated heterocycles. The summed E-state index contributed by atoms with van der Waals surface area (Å²) in [5.74, 6) is -0.505. The van der Waals surface area contributed by atoms with Crippen LogP contribution in [0.2, 0.25) is 0 Å². The maximum Gasteiger partial charge on any atom is 0.238 e. The van der Waals surface area contributed by atoms with Gasteiger partial charge >= 0.3 is 0 Å². The van der Waals surface area contributed by atoms with Gasteiger partial charge < -0.3 is 5.32 Å². The quantitative estimate of drug-likeness (QED) is 0.783. The zero-order valence-corrected chi connectivity index (χ0v) is 8.99. The fraction of sp³-hybridized carbons (Fsp3) is 0.111. The van der Waals surface area contributed by atoms with E-state index in [1.165, 1.54) is 24.3 Å². The highest BCUT2D eigenvalue weighted by atomic mass is 32.2. The molecule has 7 heteroatoms. The molecule has 0 spiro atoms. The Morgan fingerprint density at radius 3 is 2.75 bits per heavy atom. The van der Waals surface area contributed by atoms with Crippen molar-refractivity contribution in [1.82, 2.24) is 0 Å². The number of carbonyl (C=O) groups is 1. The third kappa shape index (κ3) is 3.34. The van der Waals surface area contributed by atoms with Crippen LogP contribution in [0, 0.1) is 11.3 Å². The molecule has 0 aliphatic rings. The minimum atomic E-state index is -3.79. The summed E-state index contributed by atoms with van der Waals surface area (Å²) in [7, 11) is -3.79. The lowest BCUT2D eigenvalue weighted by atomic mass is 10.3. The topological polar surface area (TPSA) is 113 Å². The molecule has 84 valence electrons. The molecule has 16 heavy (non-hydrogen) atoms. The van der Waals surface area contributed by atoms with Gasteiger partial charge in [0.15, 0.2) is 0 Å². The highest BCUT2D eigenvalue weighted by Gasteiger charge is 2.08. The van der Waals surface area contributed by atoms with Crippen LogP contribution in [0.4, 0.5) is 5.69 Å². The number of hydrogen-bond donors (Lipinski definition) is 2. The molecule has 1 rings (SSSR count). The van der Waals surface area contributed by atoms with Crippen molar-refractivity contribution in [1.29, 1.82) is 5.26 Å². The van der Waals surface area contributed by atoms with Gasteiger partial charge in [0.1, 0.15) is 6.42 Å². The normalized spacial score (nSPS) is 10.5. The van der Waals surface area contributed by atoms with Crippen LogP contribution >= 0.6 is 0 Å². The van der Waals surface area contributed by atoms with E-state index < -0.39 is 15.9 Å². The molecule has 6 nitrogen and oxygen atoms in total. The van der Waals surface area contributed by atoms with Gasteiger partial charge in [0.25, 0.3) is 0 Å². The minimum absolute atomic E-state index is 0.0951. The van der Waals surface area contributed by atoms with Crippen molar-refractivity contribution < 1.29 is 13.2 Å². The zero-order valence-electron chi connectivity index (χ0n) is 8.17. The Morgan fingerprint density at radius 1 is 1.50 bits per heavy atom. The lowest BCUT2D eigenvalue weighted by Crippen LogP contribution is -2.14. The zero-order chi connectivity index (χ0) is 12.2. The molecule has 0 heterocycles. The molecule has 3 N–H and O–H groups in total. The van der Waals surface area contributed by atoms with Crippen LogP contribution in [-0.2, 0) is 14.8 Å². The van der Waals surface area contributed by atoms with E-state index in [2.05, 4.69) is 5.32 Å². The third-order valence-electron chi connectivity index (χ3n) is 1.69. The number of rotatable bonds is 3. The number of carbonyl (C=O) groups excluding carboxylic acids is 1. The predicted molar refractivity (Wildman–Crippen MR) is 56.7 cm³/mol. The van der Waals surface area contributed by atoms with E-state index in [1.54, 1.807) is 6.07 Å². The van der Waals surface area contributed by atoms with Gasteiger partial charge in [-0.2, -0.15) is 5.26 Å². The van der Waals surface area contributed by atoms with E-state index in [1.807, 2.05) is 0 Å². The molecule has 0 radical (unpaired) electrons. The van der Waals surface area contributed by atoms with Gasteiger partial charge in [0, 0.05) is 5.69 Å². The molecule has 0 unspecified atom stereocenters. The van der Waals surface area contributed by atoms with Gasteiger partial charge in [-0.15, -0.1) is 0 Å². The lowest BCUT2D eigenvalue weighted by molar-refractivity contribution is -0.115. The van der Waals surface area contributed by atoms with Crippen molar-refractivity contribution in [2.75, 3.05) is 5.32 Å². The Labute approximate surface area is 92.7 Å². The summed E-state index contributed by atoms with van der Waals surface area (Å²) < 4.78 is 22.0. The molecule has 0 saturated carbocycles. The molecular formula is C9H9N3O3S. The standard InChI is InChI=1S/C9H9N3O3S/c10-5-4-9(13)12-7-2-1-3-8(6-7)16(11,14)15/h1-3,6H,4H2,(H,12,13)(H2,11,14,15). The smallest absolute Gasteiger partial charge is 0.238 e. The Morgan fingerprint density at radius 2 is 2.19 bits per heavy atom. The number of nitrogens with zero attached hydrogens (tertiary/aromatic N) is 1. The van der Waals surface area contributed by atoms with E-state index in [0.29, 0.717) is 0 Å². The van der Waals surface area contributed by atoms with Crippen molar-refractivity contribution >= 4 is 21.6 Å². The Kier molecular flexibility index (Phi) is 3.60. The summed E-state index contributed by atoms with van der Waals surface area (Å²) in [6, 6.07) is 7.17. The van der Waals surface area contributed by atoms with Crippen molar-refractivity contribution in [3.8, 4) is 6.07 Å². The van der Waals surface area contributed by atoms with E-state index in [-0.39, 0.29) is 17.0 Å². The van der Waals surface area contributed by atoms with Crippen LogP contribution in [0.1, 0.15) is 6.42 Å². The minimum Gasteiger partial charge on any atom is -0.325 e. The number of primary sulfonamides is 1. The second kappa shape index (κ2) is 4.74. The van der Waals surface area contributed by atoms with Crippen molar-refractivity contribution in [3.05, 3.63) is 24.3 Å². The molecule has 1 aromatic rings. The van der Waals surface area contributed by atoms with Gasteiger partial charge in [0.2, 0.25) is 15.9 Å². The molecule has 0 aliphatic carbocycles. The summed E-state index contributed by atoms with van der Waals surface area (Å²) in [5.41, 5.74) is 0.284. The van der Waals surface area contributed by atoms with Crippen LogP contribution in [-0.4, -0.2) is 14.3 Å². The Hall–Kier alpha value is -1.91. The molecule has 0 fully saturated rings. The van der Waals surface area contributed by atoms with Crippen molar-refractivity contribution in [2.45, 2.75) is 11.3 Å². The van der Waals surface area contributed by atoms with Crippen LogP contribution in [0.15, 0.2) is 29.2 Å². The largest absolute Gasteiger partial charge is 0.325 e. The number of amides is 1. The van der Waals surface area contributed by atoms with Crippen LogP contribution in [0.5, 0.6) is 0 Å². The number of nitrogens with two attached hydrogens (primary N) is 1. The second-order valence-corrected chi connectivity index (χ2v) is 4.52.